The van der Waals surface area contributed by atoms with Gasteiger partial charge in [-0.25, -0.2) is 0 Å². The summed E-state index contributed by atoms with van der Waals surface area (Å²) >= 11 is 0. The van der Waals surface area contributed by atoms with E-state index in [0.29, 0.717) is 18.4 Å². The minimum absolute atomic E-state index is 0.0423. The maximum Gasteiger partial charge on any atom is 0.331 e. The Balaban J connectivity index is 3.27. The van der Waals surface area contributed by atoms with Crippen molar-refractivity contribution in [3.63, 3.8) is 0 Å². The lowest BCUT2D eigenvalue weighted by molar-refractivity contribution is 0.271. The summed E-state index contributed by atoms with van der Waals surface area (Å²) in [4.78, 5) is 19.5. The summed E-state index contributed by atoms with van der Waals surface area (Å²) in [6.45, 7) is 7.23. The minimum Gasteiger partial charge on any atom is -0.508 e. The molecule has 120 valence electrons. The van der Waals surface area contributed by atoms with Crippen molar-refractivity contribution in [1.82, 2.24) is 0 Å². The van der Waals surface area contributed by atoms with Crippen molar-refractivity contribution < 1.29 is 24.6 Å². The fourth-order valence-corrected chi connectivity index (χ4v) is 4.45. The number of hydrogen-bond donors (Lipinski definition) is 4. The van der Waals surface area contributed by atoms with Crippen LogP contribution in [0.4, 0.5) is 0 Å². The molecule has 0 aromatic heterocycles. The highest BCUT2D eigenvalue weighted by Crippen LogP contribution is 2.59. The molecule has 0 fully saturated rings. The van der Waals surface area contributed by atoms with Gasteiger partial charge in [-0.2, -0.15) is 0 Å². The molecule has 4 N–H and O–H groups in total. The lowest BCUT2D eigenvalue weighted by Crippen LogP contribution is -2.35. The van der Waals surface area contributed by atoms with E-state index in [1.54, 1.807) is 19.9 Å². The van der Waals surface area contributed by atoms with E-state index < -0.39 is 18.2 Å². The van der Waals surface area contributed by atoms with E-state index >= 15 is 0 Å². The predicted molar refractivity (Wildman–Crippen MR) is 82.8 cm³/mol. The summed E-state index contributed by atoms with van der Waals surface area (Å²) in [7, 11) is -4.28. The summed E-state index contributed by atoms with van der Waals surface area (Å²) in [5, 5.41) is 18.3. The third-order valence-electron chi connectivity index (χ3n) is 4.42. The molecule has 0 radical (unpaired) electrons. The Bertz CT molecular complexity index is 543. The maximum atomic E-state index is 12.0. The van der Waals surface area contributed by atoms with E-state index in [1.807, 2.05) is 13.8 Å². The smallest absolute Gasteiger partial charge is 0.331 e. The van der Waals surface area contributed by atoms with E-state index in [1.165, 1.54) is 12.1 Å². The van der Waals surface area contributed by atoms with Crippen molar-refractivity contribution >= 4 is 7.60 Å². The van der Waals surface area contributed by atoms with Crippen molar-refractivity contribution in [2.45, 2.75) is 57.5 Å². The molecule has 0 amide bonds. The van der Waals surface area contributed by atoms with Crippen LogP contribution in [-0.2, 0) is 9.98 Å². The van der Waals surface area contributed by atoms with E-state index in [9.17, 15) is 24.6 Å². The van der Waals surface area contributed by atoms with Gasteiger partial charge >= 0.3 is 7.60 Å². The number of rotatable bonds is 6. The highest BCUT2D eigenvalue weighted by molar-refractivity contribution is 7.53. The fraction of sp³-hybridized carbons (Fsp3) is 0.600. The molecule has 0 saturated heterocycles. The summed E-state index contributed by atoms with van der Waals surface area (Å²) in [5.41, 5.74) is -0.0645. The molecule has 0 atom stereocenters. The van der Waals surface area contributed by atoms with Crippen LogP contribution in [0.1, 0.15) is 52.5 Å². The average molecular weight is 316 g/mol. The lowest BCUT2D eigenvalue weighted by Gasteiger charge is -2.39. The summed E-state index contributed by atoms with van der Waals surface area (Å²) < 4.78 is 12.0. The Morgan fingerprint density at radius 3 is 2.00 bits per heavy atom. The Labute approximate surface area is 125 Å². The third-order valence-corrected chi connectivity index (χ3v) is 6.44. The first-order valence-electron chi connectivity index (χ1n) is 7.07. The van der Waals surface area contributed by atoms with E-state index in [2.05, 4.69) is 0 Å². The van der Waals surface area contributed by atoms with E-state index in [0.717, 1.165) is 0 Å². The van der Waals surface area contributed by atoms with Gasteiger partial charge in [-0.1, -0.05) is 33.8 Å². The van der Waals surface area contributed by atoms with Crippen LogP contribution in [0, 0.1) is 0 Å². The van der Waals surface area contributed by atoms with Gasteiger partial charge in [0, 0.05) is 6.07 Å². The van der Waals surface area contributed by atoms with Crippen LogP contribution >= 0.6 is 7.60 Å². The quantitative estimate of drug-likeness (QED) is 0.602. The average Bonchev–Trinajstić information content (AvgIpc) is 2.34. The van der Waals surface area contributed by atoms with Crippen LogP contribution in [0.5, 0.6) is 11.5 Å². The minimum atomic E-state index is -4.28. The first-order chi connectivity index (χ1) is 9.49. The number of phenolic OH excluding ortho intramolecular Hbond substituents is 2. The zero-order valence-corrected chi connectivity index (χ0v) is 13.9. The first-order valence-corrected chi connectivity index (χ1v) is 8.68. The maximum absolute atomic E-state index is 12.0. The van der Waals surface area contributed by atoms with Crippen LogP contribution in [0.2, 0.25) is 0 Å². The molecule has 0 aliphatic rings. The second-order valence-corrected chi connectivity index (χ2v) is 8.27. The number of benzene rings is 1. The highest BCUT2D eigenvalue weighted by atomic mass is 31.2. The summed E-state index contributed by atoms with van der Waals surface area (Å²) in [6.07, 6.45) is 0.960. The van der Waals surface area contributed by atoms with Gasteiger partial charge in [0.05, 0.1) is 5.16 Å². The normalized spacial score (nSPS) is 13.4. The molecule has 1 rings (SSSR count). The molecule has 6 heteroatoms. The Kier molecular flexibility index (Phi) is 5.14. The van der Waals surface area contributed by atoms with Crippen LogP contribution in [-0.4, -0.2) is 25.2 Å². The van der Waals surface area contributed by atoms with Gasteiger partial charge in [0.15, 0.2) is 0 Å². The molecular weight excluding hydrogens is 291 g/mol. The summed E-state index contributed by atoms with van der Waals surface area (Å²) in [6, 6.07) is 4.31. The van der Waals surface area contributed by atoms with Gasteiger partial charge in [0.1, 0.15) is 11.5 Å². The molecule has 0 aliphatic heterocycles. The van der Waals surface area contributed by atoms with Gasteiger partial charge in [-0.3, -0.25) is 4.57 Å². The van der Waals surface area contributed by atoms with Crippen molar-refractivity contribution in [3.8, 4) is 11.5 Å². The third kappa shape index (κ3) is 3.60. The van der Waals surface area contributed by atoms with Gasteiger partial charge < -0.3 is 20.0 Å². The fourth-order valence-electron chi connectivity index (χ4n) is 3.03. The standard InChI is InChI=1S/C15H25O5P/c1-5-15(6-2,21(18,19)20)10-14(3,4)12-8-7-11(16)9-13(12)17/h7-9,16-17H,5-6,10H2,1-4H3,(H2,18,19,20). The monoisotopic (exact) mass is 316 g/mol. The van der Waals surface area contributed by atoms with Gasteiger partial charge in [-0.05, 0) is 36.3 Å². The molecule has 21 heavy (non-hydrogen) atoms. The van der Waals surface area contributed by atoms with Gasteiger partial charge in [0.2, 0.25) is 0 Å². The molecule has 0 heterocycles. The Morgan fingerprint density at radius 2 is 1.62 bits per heavy atom. The molecular formula is C15H25O5P. The Morgan fingerprint density at radius 1 is 1.10 bits per heavy atom. The molecule has 5 nitrogen and oxygen atoms in total. The first kappa shape index (κ1) is 18.0. The number of phenols is 2. The second kappa shape index (κ2) is 5.99. The summed E-state index contributed by atoms with van der Waals surface area (Å²) in [5.74, 6) is -0.105. The highest BCUT2D eigenvalue weighted by Gasteiger charge is 2.47. The second-order valence-electron chi connectivity index (χ2n) is 6.24. The van der Waals surface area contributed by atoms with Crippen molar-refractivity contribution in [1.29, 1.82) is 0 Å². The zero-order valence-electron chi connectivity index (χ0n) is 13.0. The SMILES string of the molecule is CCC(CC)(CC(C)(C)c1ccc(O)cc1O)P(=O)(O)O. The van der Waals surface area contributed by atoms with E-state index in [-0.39, 0.29) is 17.9 Å². The van der Waals surface area contributed by atoms with Crippen molar-refractivity contribution in [3.05, 3.63) is 23.8 Å². The van der Waals surface area contributed by atoms with Gasteiger partial charge in [-0.15, -0.1) is 0 Å². The van der Waals surface area contributed by atoms with Crippen LogP contribution in [0.3, 0.4) is 0 Å². The Hall–Kier alpha value is -1.03. The zero-order chi connectivity index (χ0) is 16.5. The molecule has 0 bridgehead atoms. The molecule has 0 unspecified atom stereocenters. The lowest BCUT2D eigenvalue weighted by atomic mass is 9.75. The van der Waals surface area contributed by atoms with Gasteiger partial charge in [0.25, 0.3) is 0 Å². The van der Waals surface area contributed by atoms with Crippen LogP contribution < -0.4 is 0 Å². The van der Waals surface area contributed by atoms with Crippen molar-refractivity contribution in [2.75, 3.05) is 0 Å². The molecule has 0 spiro atoms. The number of aromatic hydroxyl groups is 2. The van der Waals surface area contributed by atoms with Crippen LogP contribution in [0.15, 0.2) is 18.2 Å². The van der Waals surface area contributed by atoms with Crippen molar-refractivity contribution in [2.24, 2.45) is 0 Å². The van der Waals surface area contributed by atoms with E-state index in [4.69, 9.17) is 0 Å². The molecule has 0 aliphatic carbocycles. The molecule has 0 saturated carbocycles. The topological polar surface area (TPSA) is 98.0 Å². The number of hydrogen-bond acceptors (Lipinski definition) is 3. The largest absolute Gasteiger partial charge is 0.508 e. The molecule has 1 aromatic carbocycles. The molecule has 1 aromatic rings. The predicted octanol–water partition coefficient (Wildman–Crippen LogP) is 3.50. The van der Waals surface area contributed by atoms with Crippen LogP contribution in [0.25, 0.3) is 0 Å².